The van der Waals surface area contributed by atoms with Crippen molar-refractivity contribution in [2.45, 2.75) is 32.6 Å². The van der Waals surface area contributed by atoms with Gasteiger partial charge in [-0.3, -0.25) is 0 Å². The third-order valence-corrected chi connectivity index (χ3v) is 2.77. The Kier molecular flexibility index (Phi) is 5.70. The van der Waals surface area contributed by atoms with E-state index in [1.54, 1.807) is 12.1 Å². The number of carbonyl (C=O) groups is 1. The van der Waals surface area contributed by atoms with Crippen molar-refractivity contribution >= 4 is 5.97 Å². The molecule has 0 aromatic heterocycles. The first-order valence-electron chi connectivity index (χ1n) is 6.06. The average Bonchev–Trinajstić information content (AvgIpc) is 2.34. The number of benzene rings is 1. The van der Waals surface area contributed by atoms with Gasteiger partial charge in [0, 0.05) is 13.2 Å². The largest absolute Gasteiger partial charge is 0.478 e. The van der Waals surface area contributed by atoms with Gasteiger partial charge in [-0.05, 0) is 36.5 Å². The second-order valence-electron chi connectivity index (χ2n) is 4.23. The Morgan fingerprint density at radius 1 is 1.29 bits per heavy atom. The van der Waals surface area contributed by atoms with Crippen LogP contribution in [0.25, 0.3) is 0 Å². The molecular formula is C14H20O3. The molecule has 0 amide bonds. The maximum absolute atomic E-state index is 10.7. The molecule has 0 spiro atoms. The minimum Gasteiger partial charge on any atom is -0.478 e. The summed E-state index contributed by atoms with van der Waals surface area (Å²) in [4.78, 5) is 10.7. The zero-order valence-electron chi connectivity index (χ0n) is 10.5. The van der Waals surface area contributed by atoms with Crippen LogP contribution in [0.2, 0.25) is 0 Å². The fourth-order valence-corrected chi connectivity index (χ4v) is 1.63. The summed E-state index contributed by atoms with van der Waals surface area (Å²) < 4.78 is 5.44. The molecule has 3 heteroatoms. The molecule has 0 saturated heterocycles. The van der Waals surface area contributed by atoms with E-state index in [1.807, 2.05) is 12.1 Å². The topological polar surface area (TPSA) is 46.5 Å². The SMILES string of the molecule is CCCOCCC(C)c1ccc(C(=O)O)cc1. The van der Waals surface area contributed by atoms with E-state index >= 15 is 0 Å². The second kappa shape index (κ2) is 7.07. The van der Waals surface area contributed by atoms with Crippen LogP contribution >= 0.6 is 0 Å². The summed E-state index contributed by atoms with van der Waals surface area (Å²) in [5.74, 6) is -0.481. The number of carboxylic acids is 1. The Balaban J connectivity index is 2.46. The van der Waals surface area contributed by atoms with Crippen LogP contribution < -0.4 is 0 Å². The molecular weight excluding hydrogens is 216 g/mol. The minimum atomic E-state index is -0.879. The molecule has 0 aliphatic carbocycles. The van der Waals surface area contributed by atoms with E-state index in [2.05, 4.69) is 13.8 Å². The summed E-state index contributed by atoms with van der Waals surface area (Å²) in [5.41, 5.74) is 1.50. The average molecular weight is 236 g/mol. The highest BCUT2D eigenvalue weighted by molar-refractivity contribution is 5.87. The van der Waals surface area contributed by atoms with Gasteiger partial charge < -0.3 is 9.84 Å². The lowest BCUT2D eigenvalue weighted by Crippen LogP contribution is -2.02. The predicted octanol–water partition coefficient (Wildman–Crippen LogP) is 3.31. The third-order valence-electron chi connectivity index (χ3n) is 2.77. The molecule has 0 aliphatic heterocycles. The highest BCUT2D eigenvalue weighted by atomic mass is 16.5. The number of rotatable bonds is 7. The van der Waals surface area contributed by atoms with Gasteiger partial charge in [0.1, 0.15) is 0 Å². The smallest absolute Gasteiger partial charge is 0.335 e. The van der Waals surface area contributed by atoms with Crippen molar-refractivity contribution in [3.8, 4) is 0 Å². The molecule has 1 N–H and O–H groups in total. The summed E-state index contributed by atoms with van der Waals surface area (Å²) in [6, 6.07) is 7.07. The van der Waals surface area contributed by atoms with Crippen molar-refractivity contribution < 1.29 is 14.6 Å². The van der Waals surface area contributed by atoms with Gasteiger partial charge >= 0.3 is 5.97 Å². The molecule has 3 nitrogen and oxygen atoms in total. The zero-order chi connectivity index (χ0) is 12.7. The van der Waals surface area contributed by atoms with E-state index in [1.165, 1.54) is 0 Å². The fraction of sp³-hybridized carbons (Fsp3) is 0.500. The van der Waals surface area contributed by atoms with Gasteiger partial charge in [0.25, 0.3) is 0 Å². The molecule has 1 aromatic carbocycles. The van der Waals surface area contributed by atoms with Crippen LogP contribution in [0.1, 0.15) is 48.5 Å². The molecule has 0 radical (unpaired) electrons. The Hall–Kier alpha value is -1.35. The van der Waals surface area contributed by atoms with Crippen molar-refractivity contribution in [1.29, 1.82) is 0 Å². The van der Waals surface area contributed by atoms with Crippen LogP contribution in [0.4, 0.5) is 0 Å². The summed E-state index contributed by atoms with van der Waals surface area (Å²) in [5, 5.41) is 8.79. The number of ether oxygens (including phenoxy) is 1. The molecule has 0 saturated carbocycles. The van der Waals surface area contributed by atoms with Gasteiger partial charge in [-0.15, -0.1) is 0 Å². The quantitative estimate of drug-likeness (QED) is 0.739. The lowest BCUT2D eigenvalue weighted by Gasteiger charge is -2.12. The Bertz CT molecular complexity index is 343. The maximum atomic E-state index is 10.7. The number of hydrogen-bond donors (Lipinski definition) is 1. The van der Waals surface area contributed by atoms with Crippen LogP contribution in [0.3, 0.4) is 0 Å². The van der Waals surface area contributed by atoms with Crippen molar-refractivity contribution in [3.63, 3.8) is 0 Å². The summed E-state index contributed by atoms with van der Waals surface area (Å²) >= 11 is 0. The first-order chi connectivity index (χ1) is 8.15. The van der Waals surface area contributed by atoms with Gasteiger partial charge in [-0.2, -0.15) is 0 Å². The first-order valence-corrected chi connectivity index (χ1v) is 6.06. The maximum Gasteiger partial charge on any atom is 0.335 e. The molecule has 1 aromatic rings. The number of aromatic carboxylic acids is 1. The van der Waals surface area contributed by atoms with E-state index in [0.29, 0.717) is 11.5 Å². The molecule has 1 atom stereocenters. The fourth-order valence-electron chi connectivity index (χ4n) is 1.63. The molecule has 1 unspecified atom stereocenters. The van der Waals surface area contributed by atoms with Crippen LogP contribution in [-0.2, 0) is 4.74 Å². The van der Waals surface area contributed by atoms with Gasteiger partial charge in [0.05, 0.1) is 5.56 Å². The Morgan fingerprint density at radius 3 is 2.47 bits per heavy atom. The van der Waals surface area contributed by atoms with Crippen molar-refractivity contribution in [1.82, 2.24) is 0 Å². The predicted molar refractivity (Wildman–Crippen MR) is 67.5 cm³/mol. The molecule has 1 rings (SSSR count). The van der Waals surface area contributed by atoms with Gasteiger partial charge in [0.15, 0.2) is 0 Å². The molecule has 94 valence electrons. The third kappa shape index (κ3) is 4.57. The monoisotopic (exact) mass is 236 g/mol. The Labute approximate surface area is 102 Å². The lowest BCUT2D eigenvalue weighted by molar-refractivity contribution is 0.0697. The molecule has 0 bridgehead atoms. The van der Waals surface area contributed by atoms with E-state index in [4.69, 9.17) is 9.84 Å². The van der Waals surface area contributed by atoms with Gasteiger partial charge in [-0.25, -0.2) is 4.79 Å². The minimum absolute atomic E-state index is 0.336. The number of hydrogen-bond acceptors (Lipinski definition) is 2. The van der Waals surface area contributed by atoms with E-state index in [0.717, 1.165) is 31.6 Å². The van der Waals surface area contributed by atoms with Crippen molar-refractivity contribution in [3.05, 3.63) is 35.4 Å². The van der Waals surface area contributed by atoms with Gasteiger partial charge in [-0.1, -0.05) is 26.0 Å². The molecule has 0 heterocycles. The highest BCUT2D eigenvalue weighted by Gasteiger charge is 2.07. The highest BCUT2D eigenvalue weighted by Crippen LogP contribution is 2.19. The molecule has 0 fully saturated rings. The van der Waals surface area contributed by atoms with Crippen LogP contribution in [-0.4, -0.2) is 24.3 Å². The van der Waals surface area contributed by atoms with Crippen LogP contribution in [0.15, 0.2) is 24.3 Å². The van der Waals surface area contributed by atoms with Crippen LogP contribution in [0.5, 0.6) is 0 Å². The summed E-state index contributed by atoms with van der Waals surface area (Å²) in [6.45, 7) is 5.79. The second-order valence-corrected chi connectivity index (χ2v) is 4.23. The van der Waals surface area contributed by atoms with Crippen molar-refractivity contribution in [2.24, 2.45) is 0 Å². The summed E-state index contributed by atoms with van der Waals surface area (Å²) in [7, 11) is 0. The first kappa shape index (κ1) is 13.7. The molecule has 0 aliphatic rings. The van der Waals surface area contributed by atoms with Crippen molar-refractivity contribution in [2.75, 3.05) is 13.2 Å². The molecule has 17 heavy (non-hydrogen) atoms. The zero-order valence-corrected chi connectivity index (χ0v) is 10.5. The number of carboxylic acid groups (broad SMARTS) is 1. The summed E-state index contributed by atoms with van der Waals surface area (Å²) in [6.07, 6.45) is 2.01. The lowest BCUT2D eigenvalue weighted by atomic mass is 9.97. The van der Waals surface area contributed by atoms with E-state index in [-0.39, 0.29) is 0 Å². The van der Waals surface area contributed by atoms with E-state index < -0.39 is 5.97 Å². The Morgan fingerprint density at radius 2 is 1.94 bits per heavy atom. The van der Waals surface area contributed by atoms with Gasteiger partial charge in [0.2, 0.25) is 0 Å². The standard InChI is InChI=1S/C14H20O3/c1-3-9-17-10-8-11(2)12-4-6-13(7-5-12)14(15)16/h4-7,11H,3,8-10H2,1-2H3,(H,15,16). The van der Waals surface area contributed by atoms with Crippen LogP contribution in [0, 0.1) is 0 Å². The normalized spacial score (nSPS) is 12.4. The van der Waals surface area contributed by atoms with E-state index in [9.17, 15) is 4.79 Å².